The molecule has 4 nitrogen and oxygen atoms in total. The number of methoxy groups -OCH3 is 1. The van der Waals surface area contributed by atoms with Gasteiger partial charge in [0.1, 0.15) is 5.76 Å². The Bertz CT molecular complexity index is 423. The minimum Gasteiger partial charge on any atom is -0.495 e. The standard InChI is InChI=1S/C9H11NO3S/c1-13-9(7-14(10,11)12)8-5-3-2-4-6-8/h2-7H,1H3,(H2,10,11,12). The van der Waals surface area contributed by atoms with E-state index in [0.29, 0.717) is 5.56 Å². The van der Waals surface area contributed by atoms with E-state index in [1.807, 2.05) is 6.07 Å². The van der Waals surface area contributed by atoms with Crippen LogP contribution in [0.3, 0.4) is 0 Å². The summed E-state index contributed by atoms with van der Waals surface area (Å²) in [5, 5.41) is 5.76. The molecule has 2 N–H and O–H groups in total. The largest absolute Gasteiger partial charge is 0.495 e. The third kappa shape index (κ3) is 3.20. The maximum Gasteiger partial charge on any atom is 0.234 e. The van der Waals surface area contributed by atoms with E-state index in [2.05, 4.69) is 0 Å². The normalized spacial score (nSPS) is 12.6. The molecule has 0 heterocycles. The Balaban J connectivity index is 3.12. The predicted molar refractivity (Wildman–Crippen MR) is 54.5 cm³/mol. The van der Waals surface area contributed by atoms with Crippen molar-refractivity contribution in [2.45, 2.75) is 0 Å². The molecule has 1 aromatic rings. The summed E-state index contributed by atoms with van der Waals surface area (Å²) < 4.78 is 26.5. The molecule has 76 valence electrons. The monoisotopic (exact) mass is 213 g/mol. The van der Waals surface area contributed by atoms with Crippen LogP contribution in [0.4, 0.5) is 0 Å². The molecule has 0 radical (unpaired) electrons. The van der Waals surface area contributed by atoms with Crippen LogP contribution >= 0.6 is 0 Å². The van der Waals surface area contributed by atoms with Gasteiger partial charge in [-0.2, -0.15) is 0 Å². The Morgan fingerprint density at radius 2 is 1.93 bits per heavy atom. The summed E-state index contributed by atoms with van der Waals surface area (Å²) >= 11 is 0. The summed E-state index contributed by atoms with van der Waals surface area (Å²) in [6.45, 7) is 0. The lowest BCUT2D eigenvalue weighted by atomic mass is 10.2. The average Bonchev–Trinajstić information content (AvgIpc) is 2.14. The van der Waals surface area contributed by atoms with E-state index in [0.717, 1.165) is 5.41 Å². The summed E-state index contributed by atoms with van der Waals surface area (Å²) in [6.07, 6.45) is 0. The van der Waals surface area contributed by atoms with Crippen molar-refractivity contribution in [2.24, 2.45) is 5.14 Å². The van der Waals surface area contributed by atoms with Crippen LogP contribution in [0.5, 0.6) is 0 Å². The fourth-order valence-corrected chi connectivity index (χ4v) is 1.52. The number of ether oxygens (including phenoxy) is 1. The topological polar surface area (TPSA) is 69.4 Å². The van der Waals surface area contributed by atoms with Gasteiger partial charge >= 0.3 is 0 Å². The predicted octanol–water partition coefficient (Wildman–Crippen LogP) is 0.920. The number of nitrogens with two attached hydrogens (primary N) is 1. The van der Waals surface area contributed by atoms with Gasteiger partial charge in [-0.15, -0.1) is 0 Å². The van der Waals surface area contributed by atoms with Gasteiger partial charge in [-0.3, -0.25) is 0 Å². The molecule has 0 aromatic heterocycles. The van der Waals surface area contributed by atoms with E-state index in [-0.39, 0.29) is 5.76 Å². The molecule has 0 aliphatic rings. The van der Waals surface area contributed by atoms with Gasteiger partial charge in [0.25, 0.3) is 0 Å². The summed E-state index contributed by atoms with van der Waals surface area (Å²) in [7, 11) is -2.28. The van der Waals surface area contributed by atoms with Crippen molar-refractivity contribution in [3.05, 3.63) is 41.3 Å². The fraction of sp³-hybridized carbons (Fsp3) is 0.111. The van der Waals surface area contributed by atoms with Crippen molar-refractivity contribution in [1.82, 2.24) is 0 Å². The smallest absolute Gasteiger partial charge is 0.234 e. The Morgan fingerprint density at radius 3 is 2.36 bits per heavy atom. The molecule has 1 aromatic carbocycles. The van der Waals surface area contributed by atoms with Crippen LogP contribution in [-0.4, -0.2) is 15.5 Å². The van der Waals surface area contributed by atoms with Crippen LogP contribution in [-0.2, 0) is 14.8 Å². The molecule has 14 heavy (non-hydrogen) atoms. The quantitative estimate of drug-likeness (QED) is 0.759. The van der Waals surface area contributed by atoms with Gasteiger partial charge in [-0.1, -0.05) is 30.3 Å². The minimum absolute atomic E-state index is 0.230. The molecule has 5 heteroatoms. The van der Waals surface area contributed by atoms with Crippen molar-refractivity contribution in [3.63, 3.8) is 0 Å². The number of hydrogen-bond acceptors (Lipinski definition) is 3. The average molecular weight is 213 g/mol. The molecule has 0 unspecified atom stereocenters. The van der Waals surface area contributed by atoms with Gasteiger partial charge in [0.15, 0.2) is 0 Å². The van der Waals surface area contributed by atoms with E-state index >= 15 is 0 Å². The second kappa shape index (κ2) is 4.26. The molecular weight excluding hydrogens is 202 g/mol. The van der Waals surface area contributed by atoms with E-state index in [4.69, 9.17) is 9.88 Å². The molecule has 0 aliphatic carbocycles. The number of primary sulfonamides is 1. The van der Waals surface area contributed by atoms with E-state index in [1.165, 1.54) is 7.11 Å². The maximum atomic E-state index is 10.8. The third-order valence-corrected chi connectivity index (χ3v) is 2.09. The molecule has 0 amide bonds. The number of sulfonamides is 1. The Morgan fingerprint density at radius 1 is 1.36 bits per heavy atom. The molecule has 0 aliphatic heterocycles. The van der Waals surface area contributed by atoms with Crippen LogP contribution in [0.25, 0.3) is 5.76 Å². The van der Waals surface area contributed by atoms with Crippen molar-refractivity contribution >= 4 is 15.8 Å². The summed E-state index contributed by atoms with van der Waals surface area (Å²) in [5.74, 6) is 0.230. The lowest BCUT2D eigenvalue weighted by Crippen LogP contribution is -2.08. The first-order valence-electron chi connectivity index (χ1n) is 3.87. The third-order valence-electron chi connectivity index (χ3n) is 1.55. The molecule has 0 saturated carbocycles. The Kier molecular flexibility index (Phi) is 3.27. The van der Waals surface area contributed by atoms with Gasteiger partial charge in [-0.25, -0.2) is 13.6 Å². The number of benzene rings is 1. The minimum atomic E-state index is -3.67. The van der Waals surface area contributed by atoms with Crippen LogP contribution in [0, 0.1) is 0 Å². The van der Waals surface area contributed by atoms with Crippen LogP contribution in [0.1, 0.15) is 5.56 Å². The molecule has 0 fully saturated rings. The van der Waals surface area contributed by atoms with Crippen molar-refractivity contribution in [3.8, 4) is 0 Å². The summed E-state index contributed by atoms with van der Waals surface area (Å²) in [6, 6.07) is 8.87. The highest BCUT2D eigenvalue weighted by Gasteiger charge is 2.05. The van der Waals surface area contributed by atoms with E-state index in [1.54, 1.807) is 24.3 Å². The SMILES string of the molecule is COC(=CS(N)(=O)=O)c1ccccc1. The van der Waals surface area contributed by atoms with Gasteiger partial charge in [0.05, 0.1) is 12.5 Å². The first-order chi connectivity index (χ1) is 6.53. The zero-order chi connectivity index (χ0) is 10.6. The summed E-state index contributed by atoms with van der Waals surface area (Å²) in [5.41, 5.74) is 0.670. The highest BCUT2D eigenvalue weighted by Crippen LogP contribution is 2.14. The maximum absolute atomic E-state index is 10.8. The molecule has 0 spiro atoms. The molecule has 0 bridgehead atoms. The van der Waals surface area contributed by atoms with Gasteiger partial charge in [0.2, 0.25) is 10.0 Å². The second-order valence-electron chi connectivity index (χ2n) is 2.64. The van der Waals surface area contributed by atoms with E-state index < -0.39 is 10.0 Å². The van der Waals surface area contributed by atoms with Crippen molar-refractivity contribution in [1.29, 1.82) is 0 Å². The lowest BCUT2D eigenvalue weighted by molar-refractivity contribution is 0.370. The fourth-order valence-electron chi connectivity index (χ4n) is 0.986. The highest BCUT2D eigenvalue weighted by atomic mass is 32.2. The van der Waals surface area contributed by atoms with Crippen LogP contribution < -0.4 is 5.14 Å². The first-order valence-corrected chi connectivity index (χ1v) is 5.48. The van der Waals surface area contributed by atoms with Gasteiger partial charge in [-0.05, 0) is 0 Å². The van der Waals surface area contributed by atoms with Crippen LogP contribution in [0.2, 0.25) is 0 Å². The van der Waals surface area contributed by atoms with Gasteiger partial charge < -0.3 is 4.74 Å². The molecular formula is C9H11NO3S. The zero-order valence-electron chi connectivity index (χ0n) is 7.67. The first kappa shape index (κ1) is 10.7. The molecule has 0 saturated heterocycles. The second-order valence-corrected chi connectivity index (χ2v) is 4.06. The zero-order valence-corrected chi connectivity index (χ0v) is 8.49. The van der Waals surface area contributed by atoms with E-state index in [9.17, 15) is 8.42 Å². The summed E-state index contributed by atoms with van der Waals surface area (Å²) in [4.78, 5) is 0. The number of hydrogen-bond donors (Lipinski definition) is 1. The molecule has 0 atom stereocenters. The highest BCUT2D eigenvalue weighted by molar-refractivity contribution is 7.92. The van der Waals surface area contributed by atoms with Gasteiger partial charge in [0, 0.05) is 5.56 Å². The Hall–Kier alpha value is -1.33. The van der Waals surface area contributed by atoms with Crippen molar-refractivity contribution in [2.75, 3.05) is 7.11 Å². The Labute approximate surface area is 83.1 Å². The van der Waals surface area contributed by atoms with Crippen molar-refractivity contribution < 1.29 is 13.2 Å². The number of rotatable bonds is 3. The molecule has 1 rings (SSSR count). The van der Waals surface area contributed by atoms with Crippen LogP contribution in [0.15, 0.2) is 35.7 Å². The lowest BCUT2D eigenvalue weighted by Gasteiger charge is -2.04.